The Morgan fingerprint density at radius 3 is 3.00 bits per heavy atom. The topological polar surface area (TPSA) is 49.3 Å². The van der Waals surface area contributed by atoms with Gasteiger partial charge in [0.1, 0.15) is 0 Å². The molecule has 114 valence electrons. The highest BCUT2D eigenvalue weighted by molar-refractivity contribution is 7.14. The van der Waals surface area contributed by atoms with Crippen LogP contribution in [0.4, 0.5) is 0 Å². The molecule has 1 aliphatic rings. The smallest absolute Gasteiger partial charge is 0.261 e. The van der Waals surface area contributed by atoms with E-state index in [1.165, 1.54) is 30.6 Å². The molecule has 1 fully saturated rings. The molecule has 0 aliphatic heterocycles. The van der Waals surface area contributed by atoms with Gasteiger partial charge in [-0.05, 0) is 36.8 Å². The Morgan fingerprint density at radius 1 is 1.52 bits per heavy atom. The summed E-state index contributed by atoms with van der Waals surface area (Å²) in [7, 11) is 0. The van der Waals surface area contributed by atoms with Gasteiger partial charge >= 0.3 is 0 Å². The van der Waals surface area contributed by atoms with Crippen molar-refractivity contribution in [3.63, 3.8) is 0 Å². The quantitative estimate of drug-likeness (QED) is 0.840. The third-order valence-electron chi connectivity index (χ3n) is 4.14. The van der Waals surface area contributed by atoms with Crippen LogP contribution in [-0.2, 0) is 0 Å². The predicted octanol–water partition coefficient (Wildman–Crippen LogP) is 2.96. The SMILES string of the molecule is Cc1cc(C(=O)NCC2CCCC2C)sc1C#CCCO. The zero-order valence-electron chi connectivity index (χ0n) is 12.7. The van der Waals surface area contributed by atoms with Crippen LogP contribution in [0.25, 0.3) is 0 Å². The molecule has 1 aliphatic carbocycles. The molecule has 0 saturated heterocycles. The number of carbonyl (C=O) groups excluding carboxylic acids is 1. The first kappa shape index (κ1) is 16.1. The molecule has 0 aromatic carbocycles. The second-order valence-electron chi connectivity index (χ2n) is 5.78. The van der Waals surface area contributed by atoms with Crippen molar-refractivity contribution in [2.24, 2.45) is 11.8 Å². The van der Waals surface area contributed by atoms with Gasteiger partial charge in [-0.25, -0.2) is 0 Å². The minimum Gasteiger partial charge on any atom is -0.395 e. The summed E-state index contributed by atoms with van der Waals surface area (Å²) in [6, 6.07) is 1.90. The average molecular weight is 305 g/mol. The van der Waals surface area contributed by atoms with Gasteiger partial charge in [-0.15, -0.1) is 11.3 Å². The number of carbonyl (C=O) groups is 1. The van der Waals surface area contributed by atoms with Crippen molar-refractivity contribution >= 4 is 17.2 Å². The van der Waals surface area contributed by atoms with E-state index in [4.69, 9.17) is 5.11 Å². The van der Waals surface area contributed by atoms with Gasteiger partial charge in [0.05, 0.1) is 16.4 Å². The molecule has 4 heteroatoms. The summed E-state index contributed by atoms with van der Waals surface area (Å²) in [5.41, 5.74) is 1.03. The first-order valence-corrected chi connectivity index (χ1v) is 8.41. The highest BCUT2D eigenvalue weighted by atomic mass is 32.1. The summed E-state index contributed by atoms with van der Waals surface area (Å²) in [4.78, 5) is 13.9. The Kier molecular flexibility index (Phi) is 5.84. The lowest BCUT2D eigenvalue weighted by Gasteiger charge is -2.15. The van der Waals surface area contributed by atoms with E-state index in [2.05, 4.69) is 24.1 Å². The van der Waals surface area contributed by atoms with E-state index in [1.807, 2.05) is 13.0 Å². The van der Waals surface area contributed by atoms with Gasteiger partial charge in [0.15, 0.2) is 0 Å². The molecule has 0 bridgehead atoms. The molecular formula is C17H23NO2S. The third kappa shape index (κ3) is 4.33. The fraction of sp³-hybridized carbons (Fsp3) is 0.588. The summed E-state index contributed by atoms with van der Waals surface area (Å²) in [5.74, 6) is 7.28. The van der Waals surface area contributed by atoms with Gasteiger partial charge in [-0.2, -0.15) is 0 Å². The van der Waals surface area contributed by atoms with Crippen molar-refractivity contribution in [3.05, 3.63) is 21.4 Å². The van der Waals surface area contributed by atoms with Crippen LogP contribution in [0.5, 0.6) is 0 Å². The molecule has 2 atom stereocenters. The van der Waals surface area contributed by atoms with Gasteiger partial charge in [-0.3, -0.25) is 4.79 Å². The number of aliphatic hydroxyl groups is 1. The molecule has 3 nitrogen and oxygen atoms in total. The van der Waals surface area contributed by atoms with Crippen LogP contribution in [0.15, 0.2) is 6.07 Å². The summed E-state index contributed by atoms with van der Waals surface area (Å²) in [6.07, 6.45) is 4.26. The van der Waals surface area contributed by atoms with E-state index in [9.17, 15) is 4.79 Å². The van der Waals surface area contributed by atoms with Crippen LogP contribution in [0.3, 0.4) is 0 Å². The van der Waals surface area contributed by atoms with Gasteiger partial charge in [0.2, 0.25) is 0 Å². The molecular weight excluding hydrogens is 282 g/mol. The summed E-state index contributed by atoms with van der Waals surface area (Å²) in [5, 5.41) is 11.8. The minimum atomic E-state index is 0.0115. The Hall–Kier alpha value is -1.31. The highest BCUT2D eigenvalue weighted by Gasteiger charge is 2.24. The average Bonchev–Trinajstić information content (AvgIpc) is 3.03. The fourth-order valence-electron chi connectivity index (χ4n) is 2.75. The lowest BCUT2D eigenvalue weighted by atomic mass is 9.98. The second-order valence-corrected chi connectivity index (χ2v) is 6.83. The molecule has 1 amide bonds. The Labute approximate surface area is 130 Å². The molecule has 1 saturated carbocycles. The van der Waals surface area contributed by atoms with Crippen molar-refractivity contribution in [1.29, 1.82) is 0 Å². The number of hydrogen-bond acceptors (Lipinski definition) is 3. The van der Waals surface area contributed by atoms with E-state index in [0.717, 1.165) is 27.8 Å². The van der Waals surface area contributed by atoms with Gasteiger partial charge in [-0.1, -0.05) is 31.6 Å². The van der Waals surface area contributed by atoms with Crippen molar-refractivity contribution in [3.8, 4) is 11.8 Å². The van der Waals surface area contributed by atoms with Crippen molar-refractivity contribution in [2.45, 2.75) is 39.5 Å². The van der Waals surface area contributed by atoms with Crippen LogP contribution < -0.4 is 5.32 Å². The van der Waals surface area contributed by atoms with Crippen LogP contribution in [0, 0.1) is 30.6 Å². The van der Waals surface area contributed by atoms with Crippen molar-refractivity contribution in [2.75, 3.05) is 13.2 Å². The number of amides is 1. The molecule has 21 heavy (non-hydrogen) atoms. The summed E-state index contributed by atoms with van der Waals surface area (Å²) in [6.45, 7) is 5.09. The standard InChI is InChI=1S/C17H23NO2S/c1-12-6-5-7-14(12)11-18-17(20)16-10-13(2)15(21-16)8-3-4-9-19/h10,12,14,19H,4-7,9,11H2,1-2H3,(H,18,20). The lowest BCUT2D eigenvalue weighted by molar-refractivity contribution is 0.0948. The number of rotatable bonds is 4. The molecule has 1 heterocycles. The zero-order valence-corrected chi connectivity index (χ0v) is 13.6. The van der Waals surface area contributed by atoms with E-state index < -0.39 is 0 Å². The van der Waals surface area contributed by atoms with Crippen LogP contribution in [-0.4, -0.2) is 24.2 Å². The number of aliphatic hydroxyl groups excluding tert-OH is 1. The number of aryl methyl sites for hydroxylation is 1. The molecule has 0 spiro atoms. The maximum atomic E-state index is 12.2. The van der Waals surface area contributed by atoms with E-state index >= 15 is 0 Å². The Balaban J connectivity index is 1.93. The molecule has 2 N–H and O–H groups in total. The number of thiophene rings is 1. The van der Waals surface area contributed by atoms with Gasteiger partial charge in [0, 0.05) is 13.0 Å². The third-order valence-corrected chi connectivity index (χ3v) is 5.30. The van der Waals surface area contributed by atoms with E-state index in [0.29, 0.717) is 12.3 Å². The van der Waals surface area contributed by atoms with Gasteiger partial charge < -0.3 is 10.4 Å². The largest absolute Gasteiger partial charge is 0.395 e. The first-order chi connectivity index (χ1) is 10.1. The number of nitrogens with one attached hydrogen (secondary N) is 1. The molecule has 2 rings (SSSR count). The fourth-order valence-corrected chi connectivity index (χ4v) is 3.72. The summed E-state index contributed by atoms with van der Waals surface area (Å²) >= 11 is 1.43. The van der Waals surface area contributed by atoms with Crippen LogP contribution >= 0.6 is 11.3 Å². The zero-order chi connectivity index (χ0) is 15.2. The highest BCUT2D eigenvalue weighted by Crippen LogP contribution is 2.30. The molecule has 0 radical (unpaired) electrons. The van der Waals surface area contributed by atoms with Crippen LogP contribution in [0.2, 0.25) is 0 Å². The Morgan fingerprint density at radius 2 is 2.33 bits per heavy atom. The van der Waals surface area contributed by atoms with E-state index in [-0.39, 0.29) is 12.5 Å². The van der Waals surface area contributed by atoms with E-state index in [1.54, 1.807) is 0 Å². The lowest BCUT2D eigenvalue weighted by Crippen LogP contribution is -2.29. The normalized spacial score (nSPS) is 20.9. The predicted molar refractivity (Wildman–Crippen MR) is 86.5 cm³/mol. The number of hydrogen-bond donors (Lipinski definition) is 2. The van der Waals surface area contributed by atoms with Crippen molar-refractivity contribution < 1.29 is 9.90 Å². The monoisotopic (exact) mass is 305 g/mol. The molecule has 1 aromatic rings. The van der Waals surface area contributed by atoms with Crippen molar-refractivity contribution in [1.82, 2.24) is 5.32 Å². The minimum absolute atomic E-state index is 0.0115. The first-order valence-electron chi connectivity index (χ1n) is 7.60. The van der Waals surface area contributed by atoms with Crippen LogP contribution in [0.1, 0.15) is 52.7 Å². The van der Waals surface area contributed by atoms with Gasteiger partial charge in [0.25, 0.3) is 5.91 Å². The maximum Gasteiger partial charge on any atom is 0.261 e. The molecule has 2 unspecified atom stereocenters. The Bertz CT molecular complexity index is 553. The maximum absolute atomic E-state index is 12.2. The second kappa shape index (κ2) is 7.63. The summed E-state index contributed by atoms with van der Waals surface area (Å²) < 4.78 is 0. The molecule has 1 aromatic heterocycles.